The number of nitrogens with zero attached hydrogens (tertiary/aromatic N) is 3. The molecule has 9 nitrogen and oxygen atoms in total. The number of anilines is 1. The Morgan fingerprint density at radius 1 is 0.968 bits per heavy atom. The van der Waals surface area contributed by atoms with Crippen LogP contribution >= 0.6 is 45.2 Å². The van der Waals surface area contributed by atoms with E-state index in [1.54, 1.807) is 0 Å². The zero-order valence-corrected chi connectivity index (χ0v) is 20.0. The van der Waals surface area contributed by atoms with E-state index in [9.17, 15) is 20.2 Å². The van der Waals surface area contributed by atoms with Crippen molar-refractivity contribution in [2.75, 3.05) is 5.43 Å². The van der Waals surface area contributed by atoms with Gasteiger partial charge in [0.1, 0.15) is 18.0 Å². The van der Waals surface area contributed by atoms with Crippen molar-refractivity contribution < 1.29 is 14.6 Å². The Balaban J connectivity index is 1.73. The van der Waals surface area contributed by atoms with Gasteiger partial charge < -0.3 is 4.74 Å². The zero-order chi connectivity index (χ0) is 22.4. The van der Waals surface area contributed by atoms with Crippen LogP contribution in [0.25, 0.3) is 0 Å². The number of nitro benzene ring substituents is 2. The molecule has 1 N–H and O–H groups in total. The van der Waals surface area contributed by atoms with Crippen molar-refractivity contribution in [3.05, 3.63) is 99.2 Å². The minimum atomic E-state index is -0.699. The number of nitrogens with one attached hydrogen (secondary N) is 1. The molecule has 0 heterocycles. The third kappa shape index (κ3) is 6.10. The molecule has 3 aromatic rings. The maximum absolute atomic E-state index is 11.2. The molecule has 0 unspecified atom stereocenters. The van der Waals surface area contributed by atoms with Gasteiger partial charge in [-0.1, -0.05) is 30.3 Å². The zero-order valence-electron chi connectivity index (χ0n) is 15.7. The second-order valence-corrected chi connectivity index (χ2v) is 8.50. The first-order valence-corrected chi connectivity index (χ1v) is 10.9. The Morgan fingerprint density at radius 2 is 1.65 bits per heavy atom. The Morgan fingerprint density at radius 3 is 2.26 bits per heavy atom. The van der Waals surface area contributed by atoms with E-state index >= 15 is 0 Å². The number of hydrazone groups is 1. The molecule has 0 amide bonds. The number of halogens is 2. The van der Waals surface area contributed by atoms with Gasteiger partial charge in [0, 0.05) is 6.07 Å². The normalized spacial score (nSPS) is 10.8. The molecule has 0 aromatic heterocycles. The lowest BCUT2D eigenvalue weighted by atomic mass is 10.2. The number of hydrogen-bond donors (Lipinski definition) is 1. The number of nitro groups is 2. The fourth-order valence-electron chi connectivity index (χ4n) is 2.58. The summed E-state index contributed by atoms with van der Waals surface area (Å²) in [7, 11) is 0. The first kappa shape index (κ1) is 22.9. The van der Waals surface area contributed by atoms with Crippen molar-refractivity contribution in [3.8, 4) is 5.75 Å². The molecule has 0 radical (unpaired) electrons. The van der Waals surface area contributed by atoms with Gasteiger partial charge in [0.25, 0.3) is 5.69 Å². The lowest BCUT2D eigenvalue weighted by Crippen LogP contribution is -2.01. The van der Waals surface area contributed by atoms with Gasteiger partial charge in [-0.25, -0.2) is 0 Å². The molecule has 0 aliphatic carbocycles. The molecule has 0 bridgehead atoms. The highest BCUT2D eigenvalue weighted by Crippen LogP contribution is 2.30. The minimum Gasteiger partial charge on any atom is -0.487 e. The fourth-order valence-corrected chi connectivity index (χ4v) is 4.70. The van der Waals surface area contributed by atoms with Gasteiger partial charge in [0.05, 0.1) is 29.3 Å². The maximum Gasteiger partial charge on any atom is 0.301 e. The van der Waals surface area contributed by atoms with E-state index in [4.69, 9.17) is 4.74 Å². The molecular weight excluding hydrogens is 630 g/mol. The van der Waals surface area contributed by atoms with Gasteiger partial charge in [-0.15, -0.1) is 0 Å². The summed E-state index contributed by atoms with van der Waals surface area (Å²) in [6, 6.07) is 16.9. The second-order valence-electron chi connectivity index (χ2n) is 6.17. The molecule has 0 atom stereocenters. The Bertz CT molecular complexity index is 1130. The smallest absolute Gasteiger partial charge is 0.301 e. The van der Waals surface area contributed by atoms with E-state index in [1.165, 1.54) is 18.3 Å². The minimum absolute atomic E-state index is 0.0547. The van der Waals surface area contributed by atoms with Crippen molar-refractivity contribution in [2.24, 2.45) is 5.10 Å². The number of non-ortho nitro benzene ring substituents is 1. The van der Waals surface area contributed by atoms with E-state index in [1.807, 2.05) is 42.5 Å². The van der Waals surface area contributed by atoms with Crippen LogP contribution in [0.3, 0.4) is 0 Å². The van der Waals surface area contributed by atoms with Gasteiger partial charge in [-0.05, 0) is 74.5 Å². The summed E-state index contributed by atoms with van der Waals surface area (Å²) in [4.78, 5) is 20.6. The van der Waals surface area contributed by atoms with Crippen LogP contribution < -0.4 is 10.2 Å². The molecule has 3 aromatic carbocycles. The van der Waals surface area contributed by atoms with Crippen LogP contribution in [0.2, 0.25) is 0 Å². The Hall–Kier alpha value is -2.81. The summed E-state index contributed by atoms with van der Waals surface area (Å²) in [5.74, 6) is 0.765. The summed E-state index contributed by atoms with van der Waals surface area (Å²) in [5.41, 5.74) is 3.66. The highest BCUT2D eigenvalue weighted by molar-refractivity contribution is 14.1. The monoisotopic (exact) mass is 644 g/mol. The Kier molecular flexibility index (Phi) is 7.73. The van der Waals surface area contributed by atoms with Crippen molar-refractivity contribution in [3.63, 3.8) is 0 Å². The van der Waals surface area contributed by atoms with Gasteiger partial charge in [0.15, 0.2) is 0 Å². The van der Waals surface area contributed by atoms with Crippen LogP contribution in [0, 0.1) is 27.4 Å². The predicted molar refractivity (Wildman–Crippen MR) is 134 cm³/mol. The number of benzene rings is 3. The largest absolute Gasteiger partial charge is 0.487 e. The van der Waals surface area contributed by atoms with Crippen molar-refractivity contribution in [2.45, 2.75) is 6.61 Å². The van der Waals surface area contributed by atoms with E-state index in [0.29, 0.717) is 6.61 Å². The topological polar surface area (TPSA) is 120 Å². The lowest BCUT2D eigenvalue weighted by molar-refractivity contribution is -0.393. The average molecular weight is 644 g/mol. The summed E-state index contributed by atoms with van der Waals surface area (Å²) in [6.45, 7) is 0.450. The van der Waals surface area contributed by atoms with Crippen molar-refractivity contribution >= 4 is 68.5 Å². The summed E-state index contributed by atoms with van der Waals surface area (Å²) in [5, 5.41) is 26.1. The third-order valence-corrected chi connectivity index (χ3v) is 5.64. The summed E-state index contributed by atoms with van der Waals surface area (Å²) in [6.07, 6.45) is 1.51. The number of ether oxygens (including phenoxy) is 1. The quantitative estimate of drug-likeness (QED) is 0.145. The molecule has 31 heavy (non-hydrogen) atoms. The van der Waals surface area contributed by atoms with Gasteiger partial charge in [-0.3, -0.25) is 25.7 Å². The molecule has 0 saturated heterocycles. The standard InChI is InChI=1S/C20H14I2N4O5/c21-16-8-14(9-17(22)20(16)31-12-13-4-2-1-3-5-13)11-23-24-18-7-6-15(25(27)28)10-19(18)26(29)30/h1-11,24H,12H2/b23-11+. The highest BCUT2D eigenvalue weighted by Gasteiger charge is 2.19. The molecule has 3 rings (SSSR count). The van der Waals surface area contributed by atoms with Crippen LogP contribution in [0.1, 0.15) is 11.1 Å². The molecule has 158 valence electrons. The lowest BCUT2D eigenvalue weighted by Gasteiger charge is -2.11. The van der Waals surface area contributed by atoms with Crippen LogP contribution in [0.15, 0.2) is 65.8 Å². The highest BCUT2D eigenvalue weighted by atomic mass is 127. The van der Waals surface area contributed by atoms with Crippen molar-refractivity contribution in [1.82, 2.24) is 0 Å². The summed E-state index contributed by atoms with van der Waals surface area (Å²) >= 11 is 4.35. The van der Waals surface area contributed by atoms with E-state index in [2.05, 4.69) is 55.7 Å². The van der Waals surface area contributed by atoms with Gasteiger partial charge in [-0.2, -0.15) is 5.10 Å². The van der Waals surface area contributed by atoms with Crippen LogP contribution in [-0.2, 0) is 6.61 Å². The first-order valence-electron chi connectivity index (χ1n) is 8.73. The number of rotatable bonds is 8. The van der Waals surface area contributed by atoms with E-state index in [-0.39, 0.29) is 11.4 Å². The molecule has 0 spiro atoms. The maximum atomic E-state index is 11.2. The molecule has 0 aliphatic rings. The second kappa shape index (κ2) is 10.5. The fraction of sp³-hybridized carbons (Fsp3) is 0.0500. The molecule has 11 heteroatoms. The van der Waals surface area contributed by atoms with Crippen LogP contribution in [0.5, 0.6) is 5.75 Å². The van der Waals surface area contributed by atoms with Crippen LogP contribution in [0.4, 0.5) is 17.1 Å². The van der Waals surface area contributed by atoms with Gasteiger partial charge in [0.2, 0.25) is 0 Å². The van der Waals surface area contributed by atoms with E-state index in [0.717, 1.165) is 30.1 Å². The average Bonchev–Trinajstić information content (AvgIpc) is 2.74. The molecular formula is C20H14I2N4O5. The predicted octanol–water partition coefficient (Wildman–Crippen LogP) is 5.74. The SMILES string of the molecule is O=[N+]([O-])c1ccc(N/N=C/c2cc(I)c(OCc3ccccc3)c(I)c2)c([N+](=O)[O-])c1. The molecule has 0 aliphatic heterocycles. The third-order valence-electron chi connectivity index (χ3n) is 4.03. The number of hydrogen-bond acceptors (Lipinski definition) is 7. The first-order chi connectivity index (χ1) is 14.8. The molecule has 0 fully saturated rings. The summed E-state index contributed by atoms with van der Waals surface area (Å²) < 4.78 is 7.73. The van der Waals surface area contributed by atoms with Crippen LogP contribution in [-0.4, -0.2) is 16.1 Å². The van der Waals surface area contributed by atoms with E-state index < -0.39 is 15.5 Å². The van der Waals surface area contributed by atoms with Crippen molar-refractivity contribution in [1.29, 1.82) is 0 Å². The molecule has 0 saturated carbocycles. The van der Waals surface area contributed by atoms with Gasteiger partial charge >= 0.3 is 5.69 Å². The Labute approximate surface area is 204 Å².